The van der Waals surface area contributed by atoms with Gasteiger partial charge < -0.3 is 10.1 Å². The van der Waals surface area contributed by atoms with Crippen LogP contribution in [0.25, 0.3) is 0 Å². The Morgan fingerprint density at radius 1 is 1.40 bits per heavy atom. The molecule has 1 aromatic carbocycles. The van der Waals surface area contributed by atoms with Crippen LogP contribution in [0.4, 0.5) is 0 Å². The first-order valence-corrected chi connectivity index (χ1v) is 5.71. The van der Waals surface area contributed by atoms with E-state index in [4.69, 9.17) is 16.3 Å². The molecule has 82 valence electrons. The van der Waals surface area contributed by atoms with Gasteiger partial charge in [-0.3, -0.25) is 0 Å². The van der Waals surface area contributed by atoms with Crippen LogP contribution < -0.4 is 10.1 Å². The Bertz CT molecular complexity index is 347. The molecule has 1 aliphatic heterocycles. The van der Waals surface area contributed by atoms with E-state index in [-0.39, 0.29) is 6.10 Å². The van der Waals surface area contributed by atoms with Crippen molar-refractivity contribution in [3.8, 4) is 5.75 Å². The van der Waals surface area contributed by atoms with Gasteiger partial charge in [0.1, 0.15) is 11.9 Å². The van der Waals surface area contributed by atoms with Crippen LogP contribution in [-0.2, 0) is 0 Å². The van der Waals surface area contributed by atoms with Crippen molar-refractivity contribution in [1.82, 2.24) is 5.32 Å². The summed E-state index contributed by atoms with van der Waals surface area (Å²) in [6, 6.07) is 6.04. The highest BCUT2D eigenvalue weighted by Gasteiger charge is 2.19. The molecule has 0 amide bonds. The monoisotopic (exact) mass is 225 g/mol. The SMILES string of the molecule is CC(C)c1ccc(OC2CNC2)c(Cl)c1. The average Bonchev–Trinajstić information content (AvgIpc) is 2.12. The molecule has 1 N–H and O–H groups in total. The van der Waals surface area contributed by atoms with Gasteiger partial charge in [0.25, 0.3) is 0 Å². The summed E-state index contributed by atoms with van der Waals surface area (Å²) >= 11 is 6.15. The summed E-state index contributed by atoms with van der Waals surface area (Å²) in [5.41, 5.74) is 1.25. The minimum Gasteiger partial charge on any atom is -0.486 e. The Kier molecular flexibility index (Phi) is 3.17. The third-order valence-corrected chi connectivity index (χ3v) is 2.96. The van der Waals surface area contributed by atoms with E-state index in [2.05, 4.69) is 25.2 Å². The molecule has 15 heavy (non-hydrogen) atoms. The van der Waals surface area contributed by atoms with Crippen molar-refractivity contribution in [1.29, 1.82) is 0 Å². The second kappa shape index (κ2) is 4.42. The summed E-state index contributed by atoms with van der Waals surface area (Å²) in [5, 5.41) is 3.88. The molecular formula is C12H16ClNO. The maximum Gasteiger partial charge on any atom is 0.138 e. The molecule has 3 heteroatoms. The Labute approximate surface area is 95.6 Å². The molecule has 1 aliphatic rings. The van der Waals surface area contributed by atoms with Crippen LogP contribution in [0.15, 0.2) is 18.2 Å². The highest BCUT2D eigenvalue weighted by molar-refractivity contribution is 6.32. The van der Waals surface area contributed by atoms with Crippen LogP contribution in [0.1, 0.15) is 25.3 Å². The van der Waals surface area contributed by atoms with Crippen molar-refractivity contribution >= 4 is 11.6 Å². The molecule has 0 spiro atoms. The first-order chi connectivity index (χ1) is 7.16. The van der Waals surface area contributed by atoms with E-state index in [0.717, 1.165) is 18.8 Å². The smallest absolute Gasteiger partial charge is 0.138 e. The fraction of sp³-hybridized carbons (Fsp3) is 0.500. The van der Waals surface area contributed by atoms with Crippen LogP contribution in [-0.4, -0.2) is 19.2 Å². The molecule has 0 aromatic heterocycles. The zero-order valence-corrected chi connectivity index (χ0v) is 9.84. The molecular weight excluding hydrogens is 210 g/mol. The van der Waals surface area contributed by atoms with Gasteiger partial charge in [0, 0.05) is 13.1 Å². The summed E-state index contributed by atoms with van der Waals surface area (Å²) in [7, 11) is 0. The van der Waals surface area contributed by atoms with Crippen LogP contribution >= 0.6 is 11.6 Å². The van der Waals surface area contributed by atoms with Gasteiger partial charge >= 0.3 is 0 Å². The van der Waals surface area contributed by atoms with E-state index in [1.165, 1.54) is 5.56 Å². The predicted molar refractivity (Wildman–Crippen MR) is 62.8 cm³/mol. The lowest BCUT2D eigenvalue weighted by atomic mass is 10.0. The number of hydrogen-bond donors (Lipinski definition) is 1. The highest BCUT2D eigenvalue weighted by Crippen LogP contribution is 2.29. The van der Waals surface area contributed by atoms with Gasteiger partial charge in [-0.1, -0.05) is 31.5 Å². The minimum atomic E-state index is 0.285. The first-order valence-electron chi connectivity index (χ1n) is 5.33. The summed E-state index contributed by atoms with van der Waals surface area (Å²) < 4.78 is 5.72. The largest absolute Gasteiger partial charge is 0.486 e. The Balaban J connectivity index is 2.11. The van der Waals surface area contributed by atoms with Crippen molar-refractivity contribution in [3.63, 3.8) is 0 Å². The number of hydrogen-bond acceptors (Lipinski definition) is 2. The standard InChI is InChI=1S/C12H16ClNO/c1-8(2)9-3-4-12(11(13)5-9)15-10-6-14-7-10/h3-5,8,10,14H,6-7H2,1-2H3. The van der Waals surface area contributed by atoms with Crippen molar-refractivity contribution in [2.75, 3.05) is 13.1 Å². The zero-order chi connectivity index (χ0) is 10.8. The molecule has 0 bridgehead atoms. The fourth-order valence-electron chi connectivity index (χ4n) is 1.50. The van der Waals surface area contributed by atoms with Gasteiger partial charge in [0.15, 0.2) is 0 Å². The van der Waals surface area contributed by atoms with E-state index < -0.39 is 0 Å². The molecule has 1 aromatic rings. The van der Waals surface area contributed by atoms with Crippen LogP contribution in [0.2, 0.25) is 5.02 Å². The molecule has 0 radical (unpaired) electrons. The van der Waals surface area contributed by atoms with E-state index >= 15 is 0 Å². The van der Waals surface area contributed by atoms with Crippen LogP contribution in [0.3, 0.4) is 0 Å². The molecule has 0 atom stereocenters. The quantitative estimate of drug-likeness (QED) is 0.854. The maximum atomic E-state index is 6.15. The molecule has 0 saturated carbocycles. The third-order valence-electron chi connectivity index (χ3n) is 2.66. The van der Waals surface area contributed by atoms with E-state index in [9.17, 15) is 0 Å². The first kappa shape index (κ1) is 10.8. The lowest BCUT2D eigenvalue weighted by Crippen LogP contribution is -2.50. The van der Waals surface area contributed by atoms with Crippen molar-refractivity contribution in [2.24, 2.45) is 0 Å². The van der Waals surface area contributed by atoms with Gasteiger partial charge in [0.05, 0.1) is 5.02 Å². The molecule has 1 saturated heterocycles. The minimum absolute atomic E-state index is 0.285. The van der Waals surface area contributed by atoms with Crippen molar-refractivity contribution < 1.29 is 4.74 Å². The van der Waals surface area contributed by atoms with Crippen LogP contribution in [0, 0.1) is 0 Å². The van der Waals surface area contributed by atoms with Gasteiger partial charge in [-0.15, -0.1) is 0 Å². The lowest BCUT2D eigenvalue weighted by Gasteiger charge is -2.28. The fourth-order valence-corrected chi connectivity index (χ4v) is 1.73. The highest BCUT2D eigenvalue weighted by atomic mass is 35.5. The molecule has 1 heterocycles. The number of halogens is 1. The summed E-state index contributed by atoms with van der Waals surface area (Å²) in [4.78, 5) is 0. The Morgan fingerprint density at radius 3 is 2.60 bits per heavy atom. The number of benzene rings is 1. The molecule has 1 fully saturated rings. The molecule has 2 rings (SSSR count). The maximum absolute atomic E-state index is 6.15. The van der Waals surface area contributed by atoms with Gasteiger partial charge in [-0.2, -0.15) is 0 Å². The second-order valence-corrected chi connectivity index (χ2v) is 4.65. The third kappa shape index (κ3) is 2.44. The van der Waals surface area contributed by atoms with Crippen molar-refractivity contribution in [3.05, 3.63) is 28.8 Å². The average molecular weight is 226 g/mol. The van der Waals surface area contributed by atoms with Crippen LogP contribution in [0.5, 0.6) is 5.75 Å². The summed E-state index contributed by atoms with van der Waals surface area (Å²) in [5.74, 6) is 1.30. The van der Waals surface area contributed by atoms with Gasteiger partial charge in [-0.05, 0) is 23.6 Å². The summed E-state index contributed by atoms with van der Waals surface area (Å²) in [6.45, 7) is 6.15. The lowest BCUT2D eigenvalue weighted by molar-refractivity contribution is 0.142. The van der Waals surface area contributed by atoms with E-state index in [0.29, 0.717) is 10.9 Å². The summed E-state index contributed by atoms with van der Waals surface area (Å²) in [6.07, 6.45) is 0.285. The number of rotatable bonds is 3. The Morgan fingerprint density at radius 2 is 2.13 bits per heavy atom. The van der Waals surface area contributed by atoms with E-state index in [1.807, 2.05) is 12.1 Å². The Hall–Kier alpha value is -0.730. The van der Waals surface area contributed by atoms with E-state index in [1.54, 1.807) is 0 Å². The van der Waals surface area contributed by atoms with Crippen molar-refractivity contribution in [2.45, 2.75) is 25.9 Å². The zero-order valence-electron chi connectivity index (χ0n) is 9.09. The second-order valence-electron chi connectivity index (χ2n) is 4.24. The topological polar surface area (TPSA) is 21.3 Å². The molecule has 0 aliphatic carbocycles. The molecule has 0 unspecified atom stereocenters. The molecule has 2 nitrogen and oxygen atoms in total. The van der Waals surface area contributed by atoms with Gasteiger partial charge in [0.2, 0.25) is 0 Å². The number of nitrogens with one attached hydrogen (secondary N) is 1. The number of ether oxygens (including phenoxy) is 1. The predicted octanol–water partition coefficient (Wildman–Crippen LogP) is 2.81. The van der Waals surface area contributed by atoms with Gasteiger partial charge in [-0.25, -0.2) is 0 Å². The normalized spacial score (nSPS) is 16.5.